The van der Waals surface area contributed by atoms with Crippen LogP contribution in [0.2, 0.25) is 0 Å². The van der Waals surface area contributed by atoms with Crippen molar-refractivity contribution in [3.63, 3.8) is 0 Å². The SMILES string of the molecule is CCCOC(=O)[C@H]1C2CCC(C[C@@H]1OC(=O)c1ccccc1)N2C. The van der Waals surface area contributed by atoms with Crippen molar-refractivity contribution in [3.05, 3.63) is 35.9 Å². The summed E-state index contributed by atoms with van der Waals surface area (Å²) in [6.45, 7) is 2.38. The first-order valence-corrected chi connectivity index (χ1v) is 8.76. The largest absolute Gasteiger partial charge is 0.465 e. The Balaban J connectivity index is 1.76. The number of fused-ring (bicyclic) bond motifs is 2. The zero-order valence-corrected chi connectivity index (χ0v) is 14.3. The van der Waals surface area contributed by atoms with Crippen LogP contribution in [0.15, 0.2) is 30.3 Å². The molecule has 1 aromatic rings. The third-order valence-corrected chi connectivity index (χ3v) is 5.20. The van der Waals surface area contributed by atoms with Crippen LogP contribution < -0.4 is 0 Å². The lowest BCUT2D eigenvalue weighted by molar-refractivity contribution is -0.159. The molecule has 2 aliphatic rings. The third-order valence-electron chi connectivity index (χ3n) is 5.20. The van der Waals surface area contributed by atoms with Gasteiger partial charge in [0.1, 0.15) is 12.0 Å². The molecule has 2 heterocycles. The fraction of sp³-hybridized carbons (Fsp3) is 0.579. The number of piperidine rings is 1. The van der Waals surface area contributed by atoms with Gasteiger partial charge in [-0.25, -0.2) is 4.79 Å². The standard InChI is InChI=1S/C19H25NO4/c1-3-11-23-19(22)17-15-10-9-14(20(15)2)12-16(17)24-18(21)13-7-5-4-6-8-13/h4-8,14-17H,3,9-12H2,1-2H3/t14?,15?,16-,17-/m0/s1. The van der Waals surface area contributed by atoms with Crippen molar-refractivity contribution in [1.82, 2.24) is 4.90 Å². The van der Waals surface area contributed by atoms with Crippen LogP contribution in [0.3, 0.4) is 0 Å². The van der Waals surface area contributed by atoms with Crippen molar-refractivity contribution in [3.8, 4) is 0 Å². The van der Waals surface area contributed by atoms with Crippen LogP contribution in [0.5, 0.6) is 0 Å². The molecular weight excluding hydrogens is 306 g/mol. The van der Waals surface area contributed by atoms with Crippen LogP contribution >= 0.6 is 0 Å². The summed E-state index contributed by atoms with van der Waals surface area (Å²) in [5, 5.41) is 0. The average Bonchev–Trinajstić information content (AvgIpc) is 2.83. The number of nitrogens with zero attached hydrogens (tertiary/aromatic N) is 1. The maximum atomic E-state index is 12.6. The number of hydrogen-bond acceptors (Lipinski definition) is 5. The van der Waals surface area contributed by atoms with E-state index in [1.165, 1.54) is 0 Å². The highest BCUT2D eigenvalue weighted by Crippen LogP contribution is 2.40. The smallest absolute Gasteiger partial charge is 0.338 e. The van der Waals surface area contributed by atoms with E-state index in [-0.39, 0.29) is 18.0 Å². The van der Waals surface area contributed by atoms with Gasteiger partial charge in [0.2, 0.25) is 0 Å². The minimum atomic E-state index is -0.407. The van der Waals surface area contributed by atoms with Crippen molar-refractivity contribution in [2.24, 2.45) is 5.92 Å². The number of rotatable bonds is 5. The fourth-order valence-corrected chi connectivity index (χ4v) is 3.93. The van der Waals surface area contributed by atoms with E-state index in [4.69, 9.17) is 9.47 Å². The molecule has 2 aliphatic heterocycles. The summed E-state index contributed by atoms with van der Waals surface area (Å²) in [4.78, 5) is 27.3. The number of carbonyl (C=O) groups is 2. The van der Waals surface area contributed by atoms with Crippen LogP contribution in [0.1, 0.15) is 43.0 Å². The van der Waals surface area contributed by atoms with Crippen molar-refractivity contribution >= 4 is 11.9 Å². The predicted molar refractivity (Wildman–Crippen MR) is 89.6 cm³/mol. The van der Waals surface area contributed by atoms with Crippen molar-refractivity contribution in [2.75, 3.05) is 13.7 Å². The second kappa shape index (κ2) is 7.34. The zero-order chi connectivity index (χ0) is 17.1. The normalized spacial score (nSPS) is 29.2. The van der Waals surface area contributed by atoms with Gasteiger partial charge in [-0.1, -0.05) is 25.1 Å². The summed E-state index contributed by atoms with van der Waals surface area (Å²) in [7, 11) is 2.05. The molecule has 2 bridgehead atoms. The van der Waals surface area contributed by atoms with E-state index in [0.717, 1.165) is 19.3 Å². The summed E-state index contributed by atoms with van der Waals surface area (Å²) in [5.74, 6) is -0.995. The Labute approximate surface area is 142 Å². The first-order chi connectivity index (χ1) is 11.6. The molecule has 0 aliphatic carbocycles. The lowest BCUT2D eigenvalue weighted by Gasteiger charge is -2.40. The molecule has 5 nitrogen and oxygen atoms in total. The van der Waals surface area contributed by atoms with Gasteiger partial charge >= 0.3 is 11.9 Å². The second-order valence-corrected chi connectivity index (χ2v) is 6.70. The second-order valence-electron chi connectivity index (χ2n) is 6.70. The van der Waals surface area contributed by atoms with E-state index in [1.54, 1.807) is 12.1 Å². The molecule has 0 aromatic heterocycles. The highest BCUT2D eigenvalue weighted by atomic mass is 16.6. The average molecular weight is 331 g/mol. The van der Waals surface area contributed by atoms with Crippen LogP contribution in [-0.4, -0.2) is 48.7 Å². The Morgan fingerprint density at radius 3 is 2.67 bits per heavy atom. The summed E-state index contributed by atoms with van der Waals surface area (Å²) < 4.78 is 11.1. The molecule has 0 radical (unpaired) electrons. The van der Waals surface area contributed by atoms with Gasteiger partial charge < -0.3 is 9.47 Å². The molecule has 0 spiro atoms. The maximum absolute atomic E-state index is 12.6. The van der Waals surface area contributed by atoms with Gasteiger partial charge in [-0.15, -0.1) is 0 Å². The molecule has 2 fully saturated rings. The van der Waals surface area contributed by atoms with Crippen LogP contribution in [0, 0.1) is 5.92 Å². The first-order valence-electron chi connectivity index (χ1n) is 8.76. The Hall–Kier alpha value is -1.88. The molecule has 2 saturated heterocycles. The van der Waals surface area contributed by atoms with E-state index in [0.29, 0.717) is 24.6 Å². The predicted octanol–water partition coefficient (Wildman–Crippen LogP) is 2.65. The summed E-state index contributed by atoms with van der Waals surface area (Å²) in [6, 6.07) is 9.41. The van der Waals surface area contributed by atoms with Crippen LogP contribution in [0.25, 0.3) is 0 Å². The molecule has 24 heavy (non-hydrogen) atoms. The molecule has 2 unspecified atom stereocenters. The molecule has 3 rings (SSSR count). The highest BCUT2D eigenvalue weighted by molar-refractivity contribution is 5.89. The monoisotopic (exact) mass is 331 g/mol. The fourth-order valence-electron chi connectivity index (χ4n) is 3.93. The number of carbonyl (C=O) groups excluding carboxylic acids is 2. The number of ether oxygens (including phenoxy) is 2. The zero-order valence-electron chi connectivity index (χ0n) is 14.3. The topological polar surface area (TPSA) is 55.8 Å². The number of benzene rings is 1. The van der Waals surface area contributed by atoms with E-state index in [9.17, 15) is 9.59 Å². The molecule has 130 valence electrons. The van der Waals surface area contributed by atoms with Gasteiger partial charge in [0.25, 0.3) is 0 Å². The molecule has 0 saturated carbocycles. The van der Waals surface area contributed by atoms with Crippen LogP contribution in [0.4, 0.5) is 0 Å². The Morgan fingerprint density at radius 2 is 1.96 bits per heavy atom. The Morgan fingerprint density at radius 1 is 1.21 bits per heavy atom. The Kier molecular flexibility index (Phi) is 5.19. The van der Waals surface area contributed by atoms with Gasteiger partial charge in [-0.3, -0.25) is 9.69 Å². The minimum Gasteiger partial charge on any atom is -0.465 e. The summed E-state index contributed by atoms with van der Waals surface area (Å²) >= 11 is 0. The number of esters is 2. The summed E-state index contributed by atoms with van der Waals surface area (Å²) in [5.41, 5.74) is 0.518. The highest BCUT2D eigenvalue weighted by Gasteiger charge is 2.51. The van der Waals surface area contributed by atoms with E-state index in [2.05, 4.69) is 11.9 Å². The lowest BCUT2D eigenvalue weighted by atomic mass is 9.87. The quantitative estimate of drug-likeness (QED) is 0.777. The molecular formula is C19H25NO4. The molecule has 0 amide bonds. The molecule has 1 aromatic carbocycles. The lowest BCUT2D eigenvalue weighted by Crippen LogP contribution is -2.53. The van der Waals surface area contributed by atoms with Gasteiger partial charge in [0.15, 0.2) is 0 Å². The van der Waals surface area contributed by atoms with E-state index >= 15 is 0 Å². The minimum absolute atomic E-state index is 0.0988. The number of hydrogen-bond donors (Lipinski definition) is 0. The van der Waals surface area contributed by atoms with Crippen molar-refractivity contribution in [1.29, 1.82) is 0 Å². The van der Waals surface area contributed by atoms with Gasteiger partial charge in [-0.2, -0.15) is 0 Å². The molecule has 5 heteroatoms. The van der Waals surface area contributed by atoms with Crippen molar-refractivity contribution < 1.29 is 19.1 Å². The Bertz CT molecular complexity index is 588. The van der Waals surface area contributed by atoms with Gasteiger partial charge in [0.05, 0.1) is 12.2 Å². The van der Waals surface area contributed by atoms with Crippen LogP contribution in [-0.2, 0) is 14.3 Å². The third kappa shape index (κ3) is 3.31. The van der Waals surface area contributed by atoms with Gasteiger partial charge in [-0.05, 0) is 38.4 Å². The maximum Gasteiger partial charge on any atom is 0.338 e. The van der Waals surface area contributed by atoms with E-state index in [1.807, 2.05) is 25.1 Å². The first kappa shape index (κ1) is 17.0. The molecule has 0 N–H and O–H groups in total. The van der Waals surface area contributed by atoms with Gasteiger partial charge in [0, 0.05) is 18.5 Å². The summed E-state index contributed by atoms with van der Waals surface area (Å²) in [6.07, 6.45) is 3.06. The molecule has 4 atom stereocenters. The van der Waals surface area contributed by atoms with E-state index < -0.39 is 12.0 Å². The van der Waals surface area contributed by atoms with Crippen molar-refractivity contribution in [2.45, 2.75) is 50.8 Å².